The highest BCUT2D eigenvalue weighted by atomic mass is 19.3. The fraction of sp³-hybridized carbons (Fsp3) is 0.308. The van der Waals surface area contributed by atoms with Gasteiger partial charge in [0.15, 0.2) is 0 Å². The van der Waals surface area contributed by atoms with Crippen molar-refractivity contribution >= 4 is 10.9 Å². The van der Waals surface area contributed by atoms with Gasteiger partial charge in [0, 0.05) is 24.4 Å². The maximum Gasteiger partial charge on any atom is 0.387 e. The summed E-state index contributed by atoms with van der Waals surface area (Å²) in [5.41, 5.74) is 0.534. The molecule has 0 aliphatic heterocycles. The summed E-state index contributed by atoms with van der Waals surface area (Å²) in [5.74, 6) is -1.01. The molecule has 0 aliphatic carbocycles. The number of nitriles is 1. The first-order valence-corrected chi connectivity index (χ1v) is 5.63. The van der Waals surface area contributed by atoms with Crippen molar-refractivity contribution in [1.82, 2.24) is 4.57 Å². The van der Waals surface area contributed by atoms with Gasteiger partial charge in [-0.15, -0.1) is 0 Å². The number of alkyl halides is 2. The van der Waals surface area contributed by atoms with E-state index in [0.717, 1.165) is 6.07 Å². The molecule has 6 heteroatoms. The van der Waals surface area contributed by atoms with Crippen LogP contribution in [0.4, 0.5) is 13.2 Å². The first-order valence-electron chi connectivity index (χ1n) is 5.63. The first-order chi connectivity index (χ1) is 8.93. The predicted molar refractivity (Wildman–Crippen MR) is 63.6 cm³/mol. The van der Waals surface area contributed by atoms with E-state index < -0.39 is 12.4 Å². The van der Waals surface area contributed by atoms with Gasteiger partial charge in [0.2, 0.25) is 0 Å². The average molecular weight is 268 g/mol. The van der Waals surface area contributed by atoms with E-state index in [2.05, 4.69) is 4.74 Å². The summed E-state index contributed by atoms with van der Waals surface area (Å²) in [7, 11) is 0. The molecule has 100 valence electrons. The first kappa shape index (κ1) is 13.3. The monoisotopic (exact) mass is 268 g/mol. The topological polar surface area (TPSA) is 38.0 Å². The van der Waals surface area contributed by atoms with Crippen LogP contribution in [0.2, 0.25) is 0 Å². The molecule has 19 heavy (non-hydrogen) atoms. The lowest BCUT2D eigenvalue weighted by Crippen LogP contribution is -2.03. The maximum absolute atomic E-state index is 13.9. The molecule has 0 N–H and O–H groups in total. The van der Waals surface area contributed by atoms with E-state index in [1.807, 2.05) is 19.9 Å². The van der Waals surface area contributed by atoms with Crippen molar-refractivity contribution in [1.29, 1.82) is 5.26 Å². The molecular weight excluding hydrogens is 257 g/mol. The Morgan fingerprint density at radius 2 is 2.00 bits per heavy atom. The lowest BCUT2D eigenvalue weighted by atomic mass is 10.1. The summed E-state index contributed by atoms with van der Waals surface area (Å²) in [6.45, 7) is 0.674. The second-order valence-corrected chi connectivity index (χ2v) is 4.33. The molecule has 1 aromatic carbocycles. The quantitative estimate of drug-likeness (QED) is 0.848. The standard InChI is InChI=1S/C13H11F3N2O/c1-7(2)18-6-8(5-17)12-10(14)3-9(4-11(12)18)19-13(15)16/h3-4,6-7,13H,1-2H3. The number of hydrogen-bond acceptors (Lipinski definition) is 2. The molecule has 0 atom stereocenters. The summed E-state index contributed by atoms with van der Waals surface area (Å²) >= 11 is 0. The molecule has 2 aromatic rings. The van der Waals surface area contributed by atoms with Crippen LogP contribution in [0, 0.1) is 17.1 Å². The van der Waals surface area contributed by atoms with Gasteiger partial charge in [0.25, 0.3) is 0 Å². The van der Waals surface area contributed by atoms with Crippen LogP contribution in [0.15, 0.2) is 18.3 Å². The Bertz CT molecular complexity index is 656. The molecule has 2 rings (SSSR count). The van der Waals surface area contributed by atoms with E-state index in [1.54, 1.807) is 4.57 Å². The molecule has 0 radical (unpaired) electrons. The highest BCUT2D eigenvalue weighted by Crippen LogP contribution is 2.31. The van der Waals surface area contributed by atoms with Gasteiger partial charge in [-0.25, -0.2) is 4.39 Å². The Labute approximate surface area is 107 Å². The summed E-state index contributed by atoms with van der Waals surface area (Å²) in [6.07, 6.45) is 1.50. The number of aromatic nitrogens is 1. The van der Waals surface area contributed by atoms with Gasteiger partial charge in [-0.05, 0) is 13.8 Å². The van der Waals surface area contributed by atoms with Crippen LogP contribution in [-0.2, 0) is 0 Å². The zero-order valence-corrected chi connectivity index (χ0v) is 10.3. The largest absolute Gasteiger partial charge is 0.435 e. The number of nitrogens with zero attached hydrogens (tertiary/aromatic N) is 2. The Morgan fingerprint density at radius 1 is 1.32 bits per heavy atom. The smallest absolute Gasteiger partial charge is 0.387 e. The van der Waals surface area contributed by atoms with Crippen molar-refractivity contribution in [2.24, 2.45) is 0 Å². The SMILES string of the molecule is CC(C)n1cc(C#N)c2c(F)cc(OC(F)F)cc21. The molecule has 0 saturated heterocycles. The van der Waals surface area contributed by atoms with Crippen LogP contribution < -0.4 is 4.74 Å². The van der Waals surface area contributed by atoms with Crippen LogP contribution in [0.5, 0.6) is 5.75 Å². The molecule has 1 heterocycles. The van der Waals surface area contributed by atoms with Crippen molar-refractivity contribution in [3.8, 4) is 11.8 Å². The Kier molecular flexibility index (Phi) is 3.38. The van der Waals surface area contributed by atoms with E-state index in [9.17, 15) is 13.2 Å². The number of benzene rings is 1. The molecular formula is C13H11F3N2O. The normalized spacial score (nSPS) is 11.3. The number of halogens is 3. The van der Waals surface area contributed by atoms with Gasteiger partial charge in [-0.1, -0.05) is 0 Å². The number of rotatable bonds is 3. The van der Waals surface area contributed by atoms with Gasteiger partial charge in [-0.2, -0.15) is 14.0 Å². The zero-order chi connectivity index (χ0) is 14.2. The lowest BCUT2D eigenvalue weighted by Gasteiger charge is -2.11. The molecule has 0 amide bonds. The summed E-state index contributed by atoms with van der Waals surface area (Å²) < 4.78 is 44.1. The van der Waals surface area contributed by atoms with Gasteiger partial charge >= 0.3 is 6.61 Å². The van der Waals surface area contributed by atoms with E-state index >= 15 is 0 Å². The minimum absolute atomic E-state index is 0.0363. The van der Waals surface area contributed by atoms with Crippen LogP contribution in [0.3, 0.4) is 0 Å². The van der Waals surface area contributed by atoms with Gasteiger partial charge in [-0.3, -0.25) is 0 Å². The summed E-state index contributed by atoms with van der Waals surface area (Å²) in [4.78, 5) is 0. The maximum atomic E-state index is 13.9. The summed E-state index contributed by atoms with van der Waals surface area (Å²) in [6, 6.07) is 4.03. The molecule has 3 nitrogen and oxygen atoms in total. The van der Waals surface area contributed by atoms with Crippen LogP contribution >= 0.6 is 0 Å². The van der Waals surface area contributed by atoms with E-state index in [0.29, 0.717) is 5.52 Å². The third-order valence-electron chi connectivity index (χ3n) is 2.76. The van der Waals surface area contributed by atoms with Crippen LogP contribution in [-0.4, -0.2) is 11.2 Å². The number of hydrogen-bond donors (Lipinski definition) is 0. The fourth-order valence-corrected chi connectivity index (χ4v) is 1.99. The molecule has 0 fully saturated rings. The molecule has 0 unspecified atom stereocenters. The van der Waals surface area contributed by atoms with Gasteiger partial charge < -0.3 is 9.30 Å². The van der Waals surface area contributed by atoms with Crippen molar-refractivity contribution in [3.63, 3.8) is 0 Å². The Balaban J connectivity index is 2.71. The molecule has 0 spiro atoms. The second-order valence-electron chi connectivity index (χ2n) is 4.33. The Hall–Kier alpha value is -2.16. The van der Waals surface area contributed by atoms with E-state index in [-0.39, 0.29) is 22.7 Å². The van der Waals surface area contributed by atoms with Crippen molar-refractivity contribution in [3.05, 3.63) is 29.7 Å². The third-order valence-corrected chi connectivity index (χ3v) is 2.76. The van der Waals surface area contributed by atoms with Crippen molar-refractivity contribution < 1.29 is 17.9 Å². The van der Waals surface area contributed by atoms with Crippen molar-refractivity contribution in [2.75, 3.05) is 0 Å². The highest BCUT2D eigenvalue weighted by molar-refractivity contribution is 5.88. The average Bonchev–Trinajstić information content (AvgIpc) is 2.67. The summed E-state index contributed by atoms with van der Waals surface area (Å²) in [5, 5.41) is 9.11. The fourth-order valence-electron chi connectivity index (χ4n) is 1.99. The number of ether oxygens (including phenoxy) is 1. The van der Waals surface area contributed by atoms with Crippen LogP contribution in [0.1, 0.15) is 25.5 Å². The molecule has 0 aliphatic rings. The Morgan fingerprint density at radius 3 is 2.53 bits per heavy atom. The van der Waals surface area contributed by atoms with Crippen molar-refractivity contribution in [2.45, 2.75) is 26.5 Å². The number of fused-ring (bicyclic) bond motifs is 1. The molecule has 1 aromatic heterocycles. The third kappa shape index (κ3) is 2.36. The highest BCUT2D eigenvalue weighted by Gasteiger charge is 2.17. The van der Waals surface area contributed by atoms with Gasteiger partial charge in [0.1, 0.15) is 17.6 Å². The second kappa shape index (κ2) is 4.84. The van der Waals surface area contributed by atoms with Crippen LogP contribution in [0.25, 0.3) is 10.9 Å². The zero-order valence-electron chi connectivity index (χ0n) is 10.3. The lowest BCUT2D eigenvalue weighted by molar-refractivity contribution is -0.0499. The minimum Gasteiger partial charge on any atom is -0.435 e. The van der Waals surface area contributed by atoms with E-state index in [4.69, 9.17) is 5.26 Å². The minimum atomic E-state index is -3.02. The van der Waals surface area contributed by atoms with Gasteiger partial charge in [0.05, 0.1) is 16.5 Å². The predicted octanol–water partition coefficient (Wildman–Crippen LogP) is 3.83. The molecule has 0 bridgehead atoms. The van der Waals surface area contributed by atoms with E-state index in [1.165, 1.54) is 12.3 Å². The molecule has 0 saturated carbocycles.